The van der Waals surface area contributed by atoms with Gasteiger partial charge in [0.05, 0.1) is 6.10 Å². The lowest BCUT2D eigenvalue weighted by atomic mass is 10.1. The molecule has 0 aliphatic heterocycles. The van der Waals surface area contributed by atoms with Gasteiger partial charge in [-0.3, -0.25) is 0 Å². The van der Waals surface area contributed by atoms with E-state index in [1.165, 1.54) is 0 Å². The van der Waals surface area contributed by atoms with Crippen molar-refractivity contribution in [3.05, 3.63) is 59.1 Å². The Morgan fingerprint density at radius 3 is 2.35 bits per heavy atom. The van der Waals surface area contributed by atoms with E-state index < -0.39 is 6.10 Å². The van der Waals surface area contributed by atoms with Crippen LogP contribution in [0.2, 0.25) is 5.02 Å². The zero-order chi connectivity index (χ0) is 12.3. The van der Waals surface area contributed by atoms with Gasteiger partial charge >= 0.3 is 0 Å². The maximum absolute atomic E-state index is 9.38. The molecule has 2 nitrogen and oxygen atoms in total. The normalized spacial score (nSPS) is 12.2. The highest BCUT2D eigenvalue weighted by Crippen LogP contribution is 2.25. The van der Waals surface area contributed by atoms with Crippen LogP contribution in [0.25, 0.3) is 0 Å². The zero-order valence-electron chi connectivity index (χ0n) is 9.43. The van der Waals surface area contributed by atoms with Crippen molar-refractivity contribution in [3.63, 3.8) is 0 Å². The molecule has 0 radical (unpaired) electrons. The van der Waals surface area contributed by atoms with Gasteiger partial charge < -0.3 is 9.84 Å². The van der Waals surface area contributed by atoms with Crippen molar-refractivity contribution in [2.24, 2.45) is 0 Å². The van der Waals surface area contributed by atoms with Gasteiger partial charge in [0, 0.05) is 5.02 Å². The molecule has 2 aromatic carbocycles. The summed E-state index contributed by atoms with van der Waals surface area (Å²) in [7, 11) is 0. The highest BCUT2D eigenvalue weighted by molar-refractivity contribution is 6.30. The summed E-state index contributed by atoms with van der Waals surface area (Å²) in [6.07, 6.45) is -0.463. The average molecular weight is 249 g/mol. The Morgan fingerprint density at radius 2 is 1.76 bits per heavy atom. The van der Waals surface area contributed by atoms with Crippen LogP contribution in [0.5, 0.6) is 11.5 Å². The third-order valence-electron chi connectivity index (χ3n) is 2.39. The molecule has 0 saturated heterocycles. The second-order valence-electron chi connectivity index (χ2n) is 3.80. The first-order chi connectivity index (χ1) is 8.15. The number of ether oxygens (including phenoxy) is 1. The first kappa shape index (κ1) is 12.0. The lowest BCUT2D eigenvalue weighted by Gasteiger charge is -2.08. The van der Waals surface area contributed by atoms with Crippen molar-refractivity contribution in [3.8, 4) is 11.5 Å². The van der Waals surface area contributed by atoms with Gasteiger partial charge in [-0.05, 0) is 42.8 Å². The minimum absolute atomic E-state index is 0.463. The van der Waals surface area contributed by atoms with Gasteiger partial charge in [-0.25, -0.2) is 0 Å². The quantitative estimate of drug-likeness (QED) is 0.883. The summed E-state index contributed by atoms with van der Waals surface area (Å²) in [6.45, 7) is 1.73. The second kappa shape index (κ2) is 5.21. The lowest BCUT2D eigenvalue weighted by Crippen LogP contribution is -1.90. The van der Waals surface area contributed by atoms with Crippen LogP contribution in [0.1, 0.15) is 18.6 Å². The summed E-state index contributed by atoms with van der Waals surface area (Å²) in [4.78, 5) is 0. The molecule has 0 saturated carbocycles. The summed E-state index contributed by atoms with van der Waals surface area (Å²) in [5.74, 6) is 1.42. The van der Waals surface area contributed by atoms with Crippen LogP contribution in [0.15, 0.2) is 48.5 Å². The van der Waals surface area contributed by atoms with Crippen molar-refractivity contribution < 1.29 is 9.84 Å². The molecule has 0 aromatic heterocycles. The first-order valence-corrected chi connectivity index (χ1v) is 5.74. The van der Waals surface area contributed by atoms with Crippen LogP contribution in [0.4, 0.5) is 0 Å². The van der Waals surface area contributed by atoms with Gasteiger partial charge in [0.15, 0.2) is 0 Å². The SMILES string of the molecule is CC(O)c1ccc(Oc2cccc(Cl)c2)cc1. The van der Waals surface area contributed by atoms with Gasteiger partial charge in [0.1, 0.15) is 11.5 Å². The Morgan fingerprint density at radius 1 is 1.06 bits per heavy atom. The molecule has 3 heteroatoms. The number of halogens is 1. The Labute approximate surface area is 105 Å². The number of benzene rings is 2. The van der Waals surface area contributed by atoms with Crippen LogP contribution in [-0.2, 0) is 0 Å². The molecule has 1 N–H and O–H groups in total. The molecule has 1 atom stereocenters. The number of aliphatic hydroxyl groups excluding tert-OH is 1. The highest BCUT2D eigenvalue weighted by atomic mass is 35.5. The zero-order valence-corrected chi connectivity index (χ0v) is 10.2. The summed E-state index contributed by atoms with van der Waals surface area (Å²) >= 11 is 5.86. The molecule has 0 heterocycles. The van der Waals surface area contributed by atoms with Crippen LogP contribution < -0.4 is 4.74 Å². The fourth-order valence-corrected chi connectivity index (χ4v) is 1.66. The minimum Gasteiger partial charge on any atom is -0.457 e. The molecule has 88 valence electrons. The molecule has 0 spiro atoms. The van der Waals surface area contributed by atoms with E-state index in [-0.39, 0.29) is 0 Å². The van der Waals surface area contributed by atoms with Gasteiger partial charge in [-0.1, -0.05) is 29.8 Å². The van der Waals surface area contributed by atoms with Gasteiger partial charge in [-0.2, -0.15) is 0 Å². The van der Waals surface area contributed by atoms with E-state index in [0.717, 1.165) is 11.3 Å². The number of hydrogen-bond acceptors (Lipinski definition) is 2. The maximum atomic E-state index is 9.38. The molecule has 0 bridgehead atoms. The molecule has 0 aliphatic carbocycles. The predicted octanol–water partition coefficient (Wildman–Crippen LogP) is 4.19. The van der Waals surface area contributed by atoms with Crippen molar-refractivity contribution in [1.29, 1.82) is 0 Å². The molecule has 1 unspecified atom stereocenters. The van der Waals surface area contributed by atoms with Crippen molar-refractivity contribution >= 4 is 11.6 Å². The van der Waals surface area contributed by atoms with E-state index in [4.69, 9.17) is 16.3 Å². The van der Waals surface area contributed by atoms with Crippen molar-refractivity contribution in [1.82, 2.24) is 0 Å². The predicted molar refractivity (Wildman–Crippen MR) is 68.6 cm³/mol. The van der Waals surface area contributed by atoms with Gasteiger partial charge in [-0.15, -0.1) is 0 Å². The largest absolute Gasteiger partial charge is 0.457 e. The standard InChI is InChI=1S/C14H13ClO2/c1-10(16)11-5-7-13(8-6-11)17-14-4-2-3-12(15)9-14/h2-10,16H,1H3. The molecular formula is C14H13ClO2. The first-order valence-electron chi connectivity index (χ1n) is 5.36. The Balaban J connectivity index is 2.14. The lowest BCUT2D eigenvalue weighted by molar-refractivity contribution is 0.199. The van der Waals surface area contributed by atoms with Crippen LogP contribution >= 0.6 is 11.6 Å². The fraction of sp³-hybridized carbons (Fsp3) is 0.143. The van der Waals surface area contributed by atoms with Gasteiger partial charge in [0.2, 0.25) is 0 Å². The highest BCUT2D eigenvalue weighted by Gasteiger charge is 2.02. The summed E-state index contributed by atoms with van der Waals surface area (Å²) in [5.41, 5.74) is 0.864. The Hall–Kier alpha value is -1.51. The van der Waals surface area contributed by atoms with Crippen molar-refractivity contribution in [2.75, 3.05) is 0 Å². The number of aliphatic hydroxyl groups is 1. The summed E-state index contributed by atoms with van der Waals surface area (Å²) in [5, 5.41) is 10.0. The van der Waals surface area contributed by atoms with Crippen LogP contribution in [0.3, 0.4) is 0 Å². The second-order valence-corrected chi connectivity index (χ2v) is 4.24. The molecule has 0 amide bonds. The summed E-state index contributed by atoms with van der Waals surface area (Å²) < 4.78 is 5.63. The van der Waals surface area contributed by atoms with E-state index in [1.807, 2.05) is 36.4 Å². The Kier molecular flexibility index (Phi) is 3.67. The van der Waals surface area contributed by atoms with E-state index in [1.54, 1.807) is 19.1 Å². The van der Waals surface area contributed by atoms with Crippen LogP contribution in [0, 0.1) is 0 Å². The molecule has 0 fully saturated rings. The van der Waals surface area contributed by atoms with E-state index in [2.05, 4.69) is 0 Å². The fourth-order valence-electron chi connectivity index (χ4n) is 1.48. The Bertz CT molecular complexity index is 492. The molecule has 0 aliphatic rings. The molecule has 2 rings (SSSR count). The van der Waals surface area contributed by atoms with E-state index in [0.29, 0.717) is 10.8 Å². The maximum Gasteiger partial charge on any atom is 0.128 e. The minimum atomic E-state index is -0.463. The third kappa shape index (κ3) is 3.22. The monoisotopic (exact) mass is 248 g/mol. The number of rotatable bonds is 3. The molecular weight excluding hydrogens is 236 g/mol. The molecule has 17 heavy (non-hydrogen) atoms. The number of hydrogen-bond donors (Lipinski definition) is 1. The smallest absolute Gasteiger partial charge is 0.128 e. The molecule has 2 aromatic rings. The topological polar surface area (TPSA) is 29.5 Å². The van der Waals surface area contributed by atoms with Gasteiger partial charge in [0.25, 0.3) is 0 Å². The summed E-state index contributed by atoms with van der Waals surface area (Å²) in [6, 6.07) is 14.5. The van der Waals surface area contributed by atoms with E-state index >= 15 is 0 Å². The average Bonchev–Trinajstić information content (AvgIpc) is 2.29. The van der Waals surface area contributed by atoms with Crippen LogP contribution in [-0.4, -0.2) is 5.11 Å². The van der Waals surface area contributed by atoms with E-state index in [9.17, 15) is 5.11 Å². The third-order valence-corrected chi connectivity index (χ3v) is 2.63. The van der Waals surface area contributed by atoms with Crippen molar-refractivity contribution in [2.45, 2.75) is 13.0 Å².